The molecule has 0 unspecified atom stereocenters. The van der Waals surface area contributed by atoms with Gasteiger partial charge in [-0.2, -0.15) is 0 Å². The number of hydrogen-bond donors (Lipinski definition) is 1. The summed E-state index contributed by atoms with van der Waals surface area (Å²) in [6.07, 6.45) is 1.70. The van der Waals surface area contributed by atoms with Crippen LogP contribution in [0.4, 0.5) is 0 Å². The van der Waals surface area contributed by atoms with Crippen LogP contribution in [-0.2, 0) is 0 Å². The molecule has 0 atom stereocenters. The van der Waals surface area contributed by atoms with Crippen molar-refractivity contribution in [3.8, 4) is 11.1 Å². The Balaban J connectivity index is 2.63. The van der Waals surface area contributed by atoms with Crippen LogP contribution in [0.3, 0.4) is 0 Å². The average molecular weight is 297 g/mol. The molecule has 0 saturated heterocycles. The number of aromatic nitrogens is 1. The lowest BCUT2D eigenvalue weighted by Crippen LogP contribution is -2.08. The fourth-order valence-corrected chi connectivity index (χ4v) is 1.76. The molecule has 2 aromatic rings. The van der Waals surface area contributed by atoms with E-state index in [1.165, 1.54) is 0 Å². The summed E-state index contributed by atoms with van der Waals surface area (Å²) in [4.78, 5) is 14.2. The van der Waals surface area contributed by atoms with Gasteiger partial charge in [-0.25, -0.2) is 0 Å². The van der Waals surface area contributed by atoms with Crippen molar-refractivity contribution >= 4 is 22.6 Å². The van der Waals surface area contributed by atoms with Crippen molar-refractivity contribution in [2.75, 3.05) is 0 Å². The molecule has 70 valence electrons. The normalized spacial score (nSPS) is 10.1. The Kier molecular flexibility index (Phi) is 2.67. The standard InChI is InChI=1S/C11H8INO/c12-9-6-10(11(14)13-7-9)8-4-2-1-3-5-8/h1-7H,(H,13,14). The molecule has 2 nitrogen and oxygen atoms in total. The first-order valence-electron chi connectivity index (χ1n) is 4.21. The zero-order chi connectivity index (χ0) is 9.97. The van der Waals surface area contributed by atoms with Gasteiger partial charge in [-0.15, -0.1) is 0 Å². The highest BCUT2D eigenvalue weighted by molar-refractivity contribution is 14.1. The van der Waals surface area contributed by atoms with E-state index >= 15 is 0 Å². The molecule has 1 N–H and O–H groups in total. The molecule has 1 aromatic heterocycles. The highest BCUT2D eigenvalue weighted by atomic mass is 127. The second-order valence-electron chi connectivity index (χ2n) is 2.93. The summed E-state index contributed by atoms with van der Waals surface area (Å²) < 4.78 is 1.03. The van der Waals surface area contributed by atoms with Gasteiger partial charge in [0, 0.05) is 15.3 Å². The fraction of sp³-hybridized carbons (Fsp3) is 0. The Morgan fingerprint density at radius 3 is 2.57 bits per heavy atom. The molecule has 3 heteroatoms. The van der Waals surface area contributed by atoms with E-state index in [1.54, 1.807) is 6.20 Å². The van der Waals surface area contributed by atoms with Crippen LogP contribution in [0.1, 0.15) is 0 Å². The van der Waals surface area contributed by atoms with Crippen LogP contribution in [-0.4, -0.2) is 4.98 Å². The molecule has 0 aliphatic heterocycles. The number of rotatable bonds is 1. The number of halogens is 1. The van der Waals surface area contributed by atoms with Crippen molar-refractivity contribution in [2.24, 2.45) is 0 Å². The molecule has 1 aromatic carbocycles. The predicted octanol–water partition coefficient (Wildman–Crippen LogP) is 2.65. The van der Waals surface area contributed by atoms with Crippen molar-refractivity contribution < 1.29 is 0 Å². The van der Waals surface area contributed by atoms with Gasteiger partial charge in [0.25, 0.3) is 5.56 Å². The number of pyridine rings is 1. The van der Waals surface area contributed by atoms with E-state index in [4.69, 9.17) is 0 Å². The fourth-order valence-electron chi connectivity index (χ4n) is 1.29. The summed E-state index contributed by atoms with van der Waals surface area (Å²) in [5, 5.41) is 0. The average Bonchev–Trinajstić information content (AvgIpc) is 2.23. The van der Waals surface area contributed by atoms with E-state index in [2.05, 4.69) is 27.6 Å². The molecular formula is C11H8INO. The molecule has 0 radical (unpaired) electrons. The van der Waals surface area contributed by atoms with Crippen LogP contribution in [0.15, 0.2) is 47.4 Å². The maximum absolute atomic E-state index is 11.5. The minimum atomic E-state index is -0.0448. The van der Waals surface area contributed by atoms with Crippen LogP contribution in [0.5, 0.6) is 0 Å². The van der Waals surface area contributed by atoms with E-state index < -0.39 is 0 Å². The van der Waals surface area contributed by atoms with Crippen LogP contribution in [0.25, 0.3) is 11.1 Å². The molecule has 0 spiro atoms. The minimum Gasteiger partial charge on any atom is -0.328 e. The summed E-state index contributed by atoms with van der Waals surface area (Å²) in [6.45, 7) is 0. The van der Waals surface area contributed by atoms with Crippen molar-refractivity contribution in [2.45, 2.75) is 0 Å². The van der Waals surface area contributed by atoms with E-state index in [0.29, 0.717) is 0 Å². The lowest BCUT2D eigenvalue weighted by Gasteiger charge is -1.99. The Hall–Kier alpha value is -1.10. The van der Waals surface area contributed by atoms with Crippen LogP contribution >= 0.6 is 22.6 Å². The largest absolute Gasteiger partial charge is 0.328 e. The Morgan fingerprint density at radius 1 is 1.14 bits per heavy atom. The molecule has 0 saturated carbocycles. The van der Waals surface area contributed by atoms with Gasteiger partial charge in [0.05, 0.1) is 0 Å². The summed E-state index contributed by atoms with van der Waals surface area (Å²) in [7, 11) is 0. The first kappa shape index (κ1) is 9.45. The summed E-state index contributed by atoms with van der Waals surface area (Å²) >= 11 is 2.18. The number of nitrogens with one attached hydrogen (secondary N) is 1. The van der Waals surface area contributed by atoms with Gasteiger partial charge in [0.2, 0.25) is 0 Å². The third-order valence-corrected chi connectivity index (χ3v) is 2.58. The second kappa shape index (κ2) is 3.96. The maximum atomic E-state index is 11.5. The molecule has 2 rings (SSSR count). The number of aromatic amines is 1. The molecule has 0 bridgehead atoms. The van der Waals surface area contributed by atoms with Gasteiger partial charge in [0.1, 0.15) is 0 Å². The maximum Gasteiger partial charge on any atom is 0.255 e. The van der Waals surface area contributed by atoms with Crippen molar-refractivity contribution in [1.29, 1.82) is 0 Å². The van der Waals surface area contributed by atoms with Gasteiger partial charge in [-0.05, 0) is 34.2 Å². The zero-order valence-corrected chi connectivity index (χ0v) is 9.49. The first-order chi connectivity index (χ1) is 6.77. The second-order valence-corrected chi connectivity index (χ2v) is 4.17. The van der Waals surface area contributed by atoms with Gasteiger partial charge < -0.3 is 4.98 Å². The van der Waals surface area contributed by atoms with Gasteiger partial charge in [-0.3, -0.25) is 4.79 Å². The van der Waals surface area contributed by atoms with Crippen LogP contribution < -0.4 is 5.56 Å². The van der Waals surface area contributed by atoms with E-state index in [-0.39, 0.29) is 5.56 Å². The van der Waals surface area contributed by atoms with E-state index in [9.17, 15) is 4.79 Å². The quantitative estimate of drug-likeness (QED) is 0.807. The molecule has 0 amide bonds. The number of benzene rings is 1. The first-order valence-corrected chi connectivity index (χ1v) is 5.29. The Bertz CT molecular complexity index is 490. The van der Waals surface area contributed by atoms with Crippen LogP contribution in [0.2, 0.25) is 0 Å². The molecule has 0 aliphatic rings. The SMILES string of the molecule is O=c1[nH]cc(I)cc1-c1ccccc1. The molecule has 0 fully saturated rings. The highest BCUT2D eigenvalue weighted by Crippen LogP contribution is 2.15. The topological polar surface area (TPSA) is 32.9 Å². The van der Waals surface area contributed by atoms with E-state index in [1.807, 2.05) is 36.4 Å². The van der Waals surface area contributed by atoms with Gasteiger partial charge >= 0.3 is 0 Å². The van der Waals surface area contributed by atoms with Gasteiger partial charge in [0.15, 0.2) is 0 Å². The highest BCUT2D eigenvalue weighted by Gasteiger charge is 2.02. The lowest BCUT2D eigenvalue weighted by molar-refractivity contribution is 1.23. The predicted molar refractivity (Wildman–Crippen MR) is 65.2 cm³/mol. The van der Waals surface area contributed by atoms with Crippen molar-refractivity contribution in [3.05, 3.63) is 56.5 Å². The van der Waals surface area contributed by atoms with Crippen molar-refractivity contribution in [3.63, 3.8) is 0 Å². The minimum absolute atomic E-state index is 0.0448. The van der Waals surface area contributed by atoms with Gasteiger partial charge in [-0.1, -0.05) is 30.3 Å². The van der Waals surface area contributed by atoms with Crippen LogP contribution in [0, 0.1) is 3.57 Å². The molecular weight excluding hydrogens is 289 g/mol. The molecule has 0 aliphatic carbocycles. The lowest BCUT2D eigenvalue weighted by atomic mass is 10.1. The van der Waals surface area contributed by atoms with E-state index in [0.717, 1.165) is 14.7 Å². The monoisotopic (exact) mass is 297 g/mol. The number of hydrogen-bond acceptors (Lipinski definition) is 1. The Labute approximate surface area is 95.1 Å². The third kappa shape index (κ3) is 1.87. The summed E-state index contributed by atoms with van der Waals surface area (Å²) in [5.74, 6) is 0. The smallest absolute Gasteiger partial charge is 0.255 e. The molecule has 1 heterocycles. The summed E-state index contributed by atoms with van der Waals surface area (Å²) in [5.41, 5.74) is 1.63. The number of H-pyrrole nitrogens is 1. The zero-order valence-electron chi connectivity index (χ0n) is 7.33. The Morgan fingerprint density at radius 2 is 1.86 bits per heavy atom. The third-order valence-electron chi connectivity index (χ3n) is 1.95. The summed E-state index contributed by atoms with van der Waals surface area (Å²) in [6, 6.07) is 11.5. The van der Waals surface area contributed by atoms with Crippen molar-refractivity contribution in [1.82, 2.24) is 4.98 Å². The molecule has 14 heavy (non-hydrogen) atoms.